The molecule has 0 N–H and O–H groups in total. The third kappa shape index (κ3) is 96.1. The quantitative estimate of drug-likeness (QED) is 0.0274. The van der Waals surface area contributed by atoms with E-state index in [1.165, 1.54) is 0 Å². The molecule has 11 nitrogen and oxygen atoms in total. The summed E-state index contributed by atoms with van der Waals surface area (Å²) in [7, 11) is 0. The summed E-state index contributed by atoms with van der Waals surface area (Å²) in [5.74, 6) is 0. The second-order valence-corrected chi connectivity index (χ2v) is 31.2. The second-order valence-electron chi connectivity index (χ2n) is 11.3. The Balaban J connectivity index is -0.0000000583. The van der Waals surface area contributed by atoms with Gasteiger partial charge in [-0.3, -0.25) is 0 Å². The van der Waals surface area contributed by atoms with Gasteiger partial charge in [0, 0.05) is 0 Å². The molecule has 0 fully saturated rings. The summed E-state index contributed by atoms with van der Waals surface area (Å²) < 4.78 is 67.5. The van der Waals surface area contributed by atoms with Gasteiger partial charge >= 0.3 is 69.5 Å². The van der Waals surface area contributed by atoms with Crippen LogP contribution < -0.4 is 0 Å². The van der Waals surface area contributed by atoms with Gasteiger partial charge in [-0.05, 0) is 51.4 Å². The number of rotatable bonds is 32. The molecule has 62 heavy (non-hydrogen) atoms. The first kappa shape index (κ1) is 94.4. The molecule has 0 amide bonds. The van der Waals surface area contributed by atoms with Crippen molar-refractivity contribution in [3.05, 3.63) is 0 Å². The molecule has 0 bridgehead atoms. The van der Waals surface area contributed by atoms with Crippen molar-refractivity contribution in [2.24, 2.45) is 0 Å². The van der Waals surface area contributed by atoms with Crippen LogP contribution in [-0.2, 0) is 256 Å². The molecule has 30 heteroatoms. The van der Waals surface area contributed by atoms with Crippen LogP contribution in [0.2, 0.25) is 0 Å². The van der Waals surface area contributed by atoms with Gasteiger partial charge in [-0.25, -0.2) is 0 Å². The molecule has 0 unspecified atom stereocenters. The Bertz CT molecular complexity index is 821. The first-order chi connectivity index (χ1) is 27.5. The molecule has 0 rings (SSSR count). The zero-order valence-corrected chi connectivity index (χ0v) is 56.8. The number of unbranched alkanes of at least 4 members (excludes halogenated alkanes) is 8. The molecule has 376 valence electrons. The average molecular weight is 1430 g/mol. The molecule has 0 atom stereocenters. The van der Waals surface area contributed by atoms with Gasteiger partial charge in [0.05, 0.1) is 75.6 Å². The summed E-state index contributed by atoms with van der Waals surface area (Å²) in [6.45, 7) is 22.0. The maximum absolute atomic E-state index is 8.26. The molecule has 0 aliphatic rings. The normalized spacial score (nSPS) is 10.3. The molecule has 0 spiro atoms. The molecule has 0 radical (unpaired) electrons. The van der Waals surface area contributed by atoms with E-state index in [1.807, 2.05) is 0 Å². The minimum absolute atomic E-state index is 0. The average Bonchev–Trinajstić information content (AvgIpc) is 3.18. The van der Waals surface area contributed by atoms with Crippen LogP contribution in [0, 0.1) is 0 Å². The first-order valence-electron chi connectivity index (χ1n) is 19.4. The van der Waals surface area contributed by atoms with Gasteiger partial charge in [0.15, 0.2) is 0 Å². The fourth-order valence-electron chi connectivity index (χ4n) is 2.71. The van der Waals surface area contributed by atoms with E-state index in [1.54, 1.807) is 0 Å². The topological polar surface area (TPSA) is 125 Å². The van der Waals surface area contributed by atoms with Gasteiger partial charge in [0.1, 0.15) is 0 Å². The van der Waals surface area contributed by atoms with Crippen LogP contribution in [0.3, 0.4) is 0 Å². The summed E-state index contributed by atoms with van der Waals surface area (Å²) in [4.78, 5) is 0. The fourth-order valence-corrected chi connectivity index (χ4v) is 9.41. The Kier molecular flexibility index (Phi) is 116. The summed E-state index contributed by atoms with van der Waals surface area (Å²) in [5, 5.41) is 0. The van der Waals surface area contributed by atoms with E-state index >= 15 is 0 Å². The van der Waals surface area contributed by atoms with Crippen molar-refractivity contribution >= 4 is 173 Å². The van der Waals surface area contributed by atoms with E-state index in [9.17, 15) is 0 Å². The fraction of sp³-hybridized carbons (Fsp3) is 1.00. The molecule has 0 aromatic carbocycles. The first-order valence-corrected chi connectivity index (χ1v) is 36.5. The molecule has 0 aromatic heterocycles. The smallest absolute Gasteiger partial charge is 2.00 e. The second kappa shape index (κ2) is 76.5. The van der Waals surface area contributed by atoms with Crippen LogP contribution in [0.1, 0.15) is 158 Å². The van der Waals surface area contributed by atoms with Crippen molar-refractivity contribution in [2.75, 3.05) is 52.9 Å². The van der Waals surface area contributed by atoms with E-state index in [4.69, 9.17) is 143 Å². The molecule has 0 saturated carbocycles. The maximum atomic E-state index is 8.26. The molecule has 0 aliphatic carbocycles. The van der Waals surface area contributed by atoms with Crippen molar-refractivity contribution in [1.82, 2.24) is 0 Å². The van der Waals surface area contributed by atoms with Gasteiger partial charge in [0.25, 0.3) is 0 Å². The third-order valence-corrected chi connectivity index (χ3v) is 15.0. The standard InChI is InChI=1S/4C8H19O2PS2.3Mo.3O.4S/c4*1-3-5-7-9-11(12,13)10-8-6-4-2;;;;;;;;;;/h4*3-8H2,1-2H3,(H,12,13);;;;;;;;;;/q;;;;3*+4;;;;4*-2/p-4. The van der Waals surface area contributed by atoms with E-state index in [0.717, 1.165) is 103 Å². The Morgan fingerprint density at radius 1 is 0.290 bits per heavy atom. The van der Waals surface area contributed by atoms with E-state index in [-0.39, 0.29) is 54.0 Å². The van der Waals surface area contributed by atoms with Crippen LogP contribution in [-0.4, -0.2) is 52.9 Å². The predicted molar refractivity (Wildman–Crippen MR) is 285 cm³/mol. The van der Waals surface area contributed by atoms with E-state index < -0.39 is 22.8 Å². The van der Waals surface area contributed by atoms with Gasteiger partial charge in [0.2, 0.25) is 0 Å². The summed E-state index contributed by atoms with van der Waals surface area (Å²) in [6, 6.07) is 0. The van der Waals surface area contributed by atoms with Crippen LogP contribution >= 0.6 is 22.8 Å². The molecule has 0 heterocycles. The Morgan fingerprint density at radius 3 is 0.435 bits per heavy atom. The summed E-state index contributed by atoms with van der Waals surface area (Å²) in [5.41, 5.74) is -9.34. The largest absolute Gasteiger partial charge is 2.00 e. The minimum Gasteiger partial charge on any atom is -2.00 e. The zero-order valence-electron chi connectivity index (χ0n) is 37.4. The zero-order chi connectivity index (χ0) is 46.6. The van der Waals surface area contributed by atoms with Crippen molar-refractivity contribution in [1.29, 1.82) is 0 Å². The summed E-state index contributed by atoms with van der Waals surface area (Å²) >= 11 is 42.5. The molecule has 0 saturated heterocycles. The number of hydrogen-bond acceptors (Lipinski definition) is 19. The third-order valence-electron chi connectivity index (χ3n) is 5.98. The van der Waals surface area contributed by atoms with Crippen LogP contribution in [0.25, 0.3) is 0 Å². The Morgan fingerprint density at radius 2 is 0.371 bits per heavy atom. The van der Waals surface area contributed by atoms with Crippen molar-refractivity contribution in [2.45, 2.75) is 158 Å². The molecule has 0 aromatic rings. The van der Waals surface area contributed by atoms with Crippen LogP contribution in [0.15, 0.2) is 0 Å². The van der Waals surface area contributed by atoms with Crippen LogP contribution in [0.4, 0.5) is 0 Å². The van der Waals surface area contributed by atoms with E-state index in [2.05, 4.69) is 55.4 Å². The van der Waals surface area contributed by atoms with Crippen molar-refractivity contribution < 1.29 is 106 Å². The number of hydrogen-bond donors (Lipinski definition) is 0. The summed E-state index contributed by atoms with van der Waals surface area (Å²) in [6.07, 6.45) is 16.8. The van der Waals surface area contributed by atoms with Crippen molar-refractivity contribution in [3.8, 4) is 0 Å². The minimum atomic E-state index is -2.34. The van der Waals surface area contributed by atoms with Gasteiger partial charge in [-0.1, -0.05) is 154 Å². The van der Waals surface area contributed by atoms with Gasteiger partial charge < -0.3 is 139 Å². The van der Waals surface area contributed by atoms with Gasteiger partial charge in [-0.2, -0.15) is 0 Å². The van der Waals surface area contributed by atoms with E-state index in [0.29, 0.717) is 112 Å². The van der Waals surface area contributed by atoms with Crippen LogP contribution in [0.5, 0.6) is 0 Å². The SMILES string of the molecule is CCCCOP(=S)([S-])OCCCC.CCCCOP(=S)([S-])OCCCC.CCCCOP(=S)([S-])OCCCC.CCCCOP(=S)([S-])OCCCC.[O]=[Mo+4].[O]=[Mo+4].[O]=[Mo+4].[S-2].[S-2].[S-2].[S-2]. The molecular weight excluding hydrogens is 1360 g/mol. The van der Waals surface area contributed by atoms with Crippen molar-refractivity contribution in [3.63, 3.8) is 0 Å². The van der Waals surface area contributed by atoms with Gasteiger partial charge in [-0.15, -0.1) is 0 Å². The molecular formula is C32H72Mo3O11P4S12. The molecule has 0 aliphatic heterocycles. The monoisotopic (exact) mass is 1430 g/mol. The predicted octanol–water partition coefficient (Wildman–Crippen LogP) is 13.2. The maximum Gasteiger partial charge on any atom is -2.00 e. The Hall–Kier alpha value is 6.54. The Labute approximate surface area is 483 Å².